The van der Waals surface area contributed by atoms with Crippen LogP contribution in [0.15, 0.2) is 0 Å². The molecule has 0 aromatic carbocycles. The SMILES string of the molecule is CCCCC1(CC)C(C)CC1C. The second-order valence-electron chi connectivity index (χ2n) is 4.73. The zero-order chi connectivity index (χ0) is 9.19. The molecule has 0 heterocycles. The van der Waals surface area contributed by atoms with Crippen molar-refractivity contribution in [2.75, 3.05) is 0 Å². The Morgan fingerprint density at radius 3 is 2.08 bits per heavy atom. The number of hydrogen-bond acceptors (Lipinski definition) is 0. The monoisotopic (exact) mass is 168 g/mol. The third kappa shape index (κ3) is 1.41. The molecule has 0 aromatic heterocycles. The lowest BCUT2D eigenvalue weighted by atomic mass is 9.51. The van der Waals surface area contributed by atoms with E-state index in [1.807, 2.05) is 0 Å². The molecule has 1 rings (SSSR count). The summed E-state index contributed by atoms with van der Waals surface area (Å²) in [5.41, 5.74) is 0.732. The van der Waals surface area contributed by atoms with Crippen LogP contribution in [0.25, 0.3) is 0 Å². The van der Waals surface area contributed by atoms with Crippen LogP contribution in [-0.2, 0) is 0 Å². The first-order valence-electron chi connectivity index (χ1n) is 5.67. The number of unbranched alkanes of at least 4 members (excludes halogenated alkanes) is 1. The third-order valence-corrected chi connectivity index (χ3v) is 4.32. The van der Waals surface area contributed by atoms with Crippen LogP contribution in [0.5, 0.6) is 0 Å². The van der Waals surface area contributed by atoms with Crippen molar-refractivity contribution in [1.29, 1.82) is 0 Å². The van der Waals surface area contributed by atoms with Gasteiger partial charge in [0.1, 0.15) is 0 Å². The fraction of sp³-hybridized carbons (Fsp3) is 1.00. The molecule has 0 aliphatic heterocycles. The fourth-order valence-corrected chi connectivity index (χ4v) is 3.20. The summed E-state index contributed by atoms with van der Waals surface area (Å²) >= 11 is 0. The first-order valence-corrected chi connectivity index (χ1v) is 5.67. The zero-order valence-corrected chi connectivity index (χ0v) is 9.19. The molecule has 0 saturated heterocycles. The van der Waals surface area contributed by atoms with Crippen LogP contribution in [0.3, 0.4) is 0 Å². The molecule has 0 heteroatoms. The van der Waals surface area contributed by atoms with Crippen LogP contribution in [0.2, 0.25) is 0 Å². The first-order chi connectivity index (χ1) is 5.67. The van der Waals surface area contributed by atoms with E-state index in [4.69, 9.17) is 0 Å². The van der Waals surface area contributed by atoms with Gasteiger partial charge >= 0.3 is 0 Å². The zero-order valence-electron chi connectivity index (χ0n) is 9.19. The summed E-state index contributed by atoms with van der Waals surface area (Å²) in [6, 6.07) is 0. The van der Waals surface area contributed by atoms with Gasteiger partial charge in [-0.1, -0.05) is 40.5 Å². The Morgan fingerprint density at radius 2 is 1.75 bits per heavy atom. The van der Waals surface area contributed by atoms with Crippen molar-refractivity contribution in [2.45, 2.75) is 59.8 Å². The van der Waals surface area contributed by atoms with E-state index >= 15 is 0 Å². The Morgan fingerprint density at radius 1 is 1.17 bits per heavy atom. The molecule has 1 aliphatic rings. The Balaban J connectivity index is 2.49. The molecule has 2 unspecified atom stereocenters. The highest BCUT2D eigenvalue weighted by Crippen LogP contribution is 2.56. The highest BCUT2D eigenvalue weighted by Gasteiger charge is 2.47. The van der Waals surface area contributed by atoms with Gasteiger partial charge in [-0.05, 0) is 36.5 Å². The molecule has 1 fully saturated rings. The summed E-state index contributed by atoms with van der Waals surface area (Å²) in [5, 5.41) is 0. The predicted molar refractivity (Wildman–Crippen MR) is 55.2 cm³/mol. The van der Waals surface area contributed by atoms with E-state index in [1.54, 1.807) is 0 Å². The van der Waals surface area contributed by atoms with Crippen LogP contribution in [0.1, 0.15) is 59.8 Å². The summed E-state index contributed by atoms with van der Waals surface area (Å²) in [6.07, 6.45) is 7.14. The van der Waals surface area contributed by atoms with Crippen LogP contribution >= 0.6 is 0 Å². The first kappa shape index (κ1) is 10.1. The average Bonchev–Trinajstić information content (AvgIpc) is 2.06. The Kier molecular flexibility index (Phi) is 3.20. The topological polar surface area (TPSA) is 0 Å². The van der Waals surface area contributed by atoms with Crippen molar-refractivity contribution < 1.29 is 0 Å². The molecule has 2 atom stereocenters. The average molecular weight is 168 g/mol. The molecule has 0 spiro atoms. The van der Waals surface area contributed by atoms with Crippen LogP contribution in [-0.4, -0.2) is 0 Å². The Labute approximate surface area is 77.7 Å². The van der Waals surface area contributed by atoms with Gasteiger partial charge in [-0.3, -0.25) is 0 Å². The van der Waals surface area contributed by atoms with E-state index in [1.165, 1.54) is 32.1 Å². The van der Waals surface area contributed by atoms with E-state index in [0.29, 0.717) is 0 Å². The smallest absolute Gasteiger partial charge is 0.0249 e. The molecule has 72 valence electrons. The predicted octanol–water partition coefficient (Wildman–Crippen LogP) is 4.25. The maximum absolute atomic E-state index is 2.44. The van der Waals surface area contributed by atoms with E-state index in [9.17, 15) is 0 Å². The maximum atomic E-state index is 2.44. The minimum absolute atomic E-state index is 0.732. The molecule has 0 aromatic rings. The molecule has 0 nitrogen and oxygen atoms in total. The van der Waals surface area contributed by atoms with Crippen LogP contribution in [0, 0.1) is 17.3 Å². The number of hydrogen-bond donors (Lipinski definition) is 0. The molecule has 0 amide bonds. The van der Waals surface area contributed by atoms with E-state index < -0.39 is 0 Å². The van der Waals surface area contributed by atoms with Gasteiger partial charge in [-0.25, -0.2) is 0 Å². The quantitative estimate of drug-likeness (QED) is 0.588. The second-order valence-corrected chi connectivity index (χ2v) is 4.73. The van der Waals surface area contributed by atoms with Crippen molar-refractivity contribution in [1.82, 2.24) is 0 Å². The third-order valence-electron chi connectivity index (χ3n) is 4.32. The summed E-state index contributed by atoms with van der Waals surface area (Å²) in [4.78, 5) is 0. The lowest BCUT2D eigenvalue weighted by Crippen LogP contribution is -2.45. The van der Waals surface area contributed by atoms with Gasteiger partial charge in [0.05, 0.1) is 0 Å². The molecule has 1 aliphatic carbocycles. The summed E-state index contributed by atoms with van der Waals surface area (Å²) in [6.45, 7) is 9.57. The maximum Gasteiger partial charge on any atom is -0.0249 e. The van der Waals surface area contributed by atoms with Gasteiger partial charge in [-0.15, -0.1) is 0 Å². The molecule has 0 radical (unpaired) electrons. The van der Waals surface area contributed by atoms with Gasteiger partial charge in [-0.2, -0.15) is 0 Å². The van der Waals surface area contributed by atoms with Gasteiger partial charge in [0.15, 0.2) is 0 Å². The summed E-state index contributed by atoms with van der Waals surface area (Å²) in [7, 11) is 0. The van der Waals surface area contributed by atoms with Gasteiger partial charge in [0.2, 0.25) is 0 Å². The molecule has 12 heavy (non-hydrogen) atoms. The van der Waals surface area contributed by atoms with Crippen molar-refractivity contribution in [3.05, 3.63) is 0 Å². The lowest BCUT2D eigenvalue weighted by molar-refractivity contribution is -0.0457. The second kappa shape index (κ2) is 3.81. The molecule has 1 saturated carbocycles. The fourth-order valence-electron chi connectivity index (χ4n) is 3.20. The molecule has 0 bridgehead atoms. The molecule has 0 N–H and O–H groups in total. The van der Waals surface area contributed by atoms with Crippen LogP contribution in [0.4, 0.5) is 0 Å². The van der Waals surface area contributed by atoms with E-state index in [-0.39, 0.29) is 0 Å². The lowest BCUT2D eigenvalue weighted by Gasteiger charge is -2.54. The normalized spacial score (nSPS) is 41.0. The van der Waals surface area contributed by atoms with E-state index in [0.717, 1.165) is 17.3 Å². The summed E-state index contributed by atoms with van der Waals surface area (Å²) < 4.78 is 0. The summed E-state index contributed by atoms with van der Waals surface area (Å²) in [5.74, 6) is 1.98. The Hall–Kier alpha value is 0. The molecular weight excluding hydrogens is 144 g/mol. The standard InChI is InChI=1S/C12H24/c1-5-7-8-12(6-2)10(3)9-11(12)4/h10-11H,5-9H2,1-4H3. The molecular formula is C12H24. The van der Waals surface area contributed by atoms with E-state index in [2.05, 4.69) is 27.7 Å². The van der Waals surface area contributed by atoms with Gasteiger partial charge < -0.3 is 0 Å². The van der Waals surface area contributed by atoms with Crippen molar-refractivity contribution in [2.24, 2.45) is 17.3 Å². The van der Waals surface area contributed by atoms with Crippen molar-refractivity contribution >= 4 is 0 Å². The largest absolute Gasteiger partial charge is 0.0654 e. The van der Waals surface area contributed by atoms with Crippen LogP contribution < -0.4 is 0 Å². The minimum Gasteiger partial charge on any atom is -0.0654 e. The minimum atomic E-state index is 0.732. The Bertz CT molecular complexity index is 129. The highest BCUT2D eigenvalue weighted by molar-refractivity contribution is 4.97. The van der Waals surface area contributed by atoms with Crippen molar-refractivity contribution in [3.63, 3.8) is 0 Å². The van der Waals surface area contributed by atoms with Crippen molar-refractivity contribution in [3.8, 4) is 0 Å². The van der Waals surface area contributed by atoms with Gasteiger partial charge in [0, 0.05) is 0 Å². The number of rotatable bonds is 4. The van der Waals surface area contributed by atoms with Gasteiger partial charge in [0.25, 0.3) is 0 Å². The highest BCUT2D eigenvalue weighted by atomic mass is 14.5.